The largest absolute Gasteiger partial charge is 0.497 e. The lowest BCUT2D eigenvalue weighted by molar-refractivity contribution is 0.289. The maximum absolute atomic E-state index is 5.22. The molecule has 28 heavy (non-hydrogen) atoms. The predicted octanol–water partition coefficient (Wildman–Crippen LogP) is 5.70. The SMILES string of the molecule is CC(C)C.COc1ccc(CNCC2=C(N3CCCCC3)C=CC=CC2)cc1. The van der Waals surface area contributed by atoms with Gasteiger partial charge in [-0.1, -0.05) is 51.1 Å². The Morgan fingerprint density at radius 3 is 2.29 bits per heavy atom. The highest BCUT2D eigenvalue weighted by atomic mass is 16.5. The van der Waals surface area contributed by atoms with Crippen molar-refractivity contribution >= 4 is 0 Å². The molecule has 2 aliphatic rings. The van der Waals surface area contributed by atoms with Gasteiger partial charge in [0.1, 0.15) is 5.75 Å². The minimum Gasteiger partial charge on any atom is -0.497 e. The van der Waals surface area contributed by atoms with Crippen LogP contribution in [0.1, 0.15) is 52.0 Å². The van der Waals surface area contributed by atoms with Crippen LogP contribution in [0.4, 0.5) is 0 Å². The van der Waals surface area contributed by atoms with E-state index in [-0.39, 0.29) is 0 Å². The second-order valence-corrected chi connectivity index (χ2v) is 8.21. The van der Waals surface area contributed by atoms with Crippen LogP contribution < -0.4 is 10.1 Å². The van der Waals surface area contributed by atoms with Crippen molar-refractivity contribution in [3.05, 3.63) is 65.4 Å². The molecule has 154 valence electrons. The first-order chi connectivity index (χ1) is 13.6. The normalized spacial score (nSPS) is 16.7. The van der Waals surface area contributed by atoms with Crippen LogP contribution in [0.15, 0.2) is 59.8 Å². The molecule has 1 aromatic rings. The summed E-state index contributed by atoms with van der Waals surface area (Å²) >= 11 is 0. The van der Waals surface area contributed by atoms with Crippen LogP contribution in [0.2, 0.25) is 0 Å². The molecule has 1 fully saturated rings. The molecule has 0 radical (unpaired) electrons. The van der Waals surface area contributed by atoms with Gasteiger partial charge in [0.2, 0.25) is 0 Å². The van der Waals surface area contributed by atoms with Crippen molar-refractivity contribution in [2.24, 2.45) is 5.92 Å². The molecule has 0 unspecified atom stereocenters. The van der Waals surface area contributed by atoms with Gasteiger partial charge in [-0.2, -0.15) is 0 Å². The molecule has 0 aromatic heterocycles. The van der Waals surface area contributed by atoms with Crippen molar-refractivity contribution in [1.82, 2.24) is 10.2 Å². The number of hydrogen-bond acceptors (Lipinski definition) is 3. The van der Waals surface area contributed by atoms with Crippen molar-refractivity contribution in [3.8, 4) is 5.75 Å². The molecular weight excluding hydrogens is 344 g/mol. The Morgan fingerprint density at radius 1 is 0.964 bits per heavy atom. The van der Waals surface area contributed by atoms with E-state index >= 15 is 0 Å². The first-order valence-corrected chi connectivity index (χ1v) is 10.7. The summed E-state index contributed by atoms with van der Waals surface area (Å²) in [6, 6.07) is 8.29. The topological polar surface area (TPSA) is 24.5 Å². The molecule has 1 saturated heterocycles. The molecule has 1 aliphatic heterocycles. The molecule has 1 heterocycles. The number of nitrogens with one attached hydrogen (secondary N) is 1. The summed E-state index contributed by atoms with van der Waals surface area (Å²) in [5.74, 6) is 1.74. The smallest absolute Gasteiger partial charge is 0.118 e. The van der Waals surface area contributed by atoms with E-state index in [1.165, 1.54) is 49.2 Å². The third-order valence-corrected chi connectivity index (χ3v) is 4.75. The zero-order valence-electron chi connectivity index (χ0n) is 18.2. The van der Waals surface area contributed by atoms with E-state index in [0.29, 0.717) is 0 Å². The van der Waals surface area contributed by atoms with Crippen LogP contribution >= 0.6 is 0 Å². The lowest BCUT2D eigenvalue weighted by Gasteiger charge is -2.31. The van der Waals surface area contributed by atoms with Gasteiger partial charge in [-0.3, -0.25) is 0 Å². The highest BCUT2D eigenvalue weighted by Crippen LogP contribution is 2.22. The lowest BCUT2D eigenvalue weighted by Crippen LogP contribution is -2.30. The quantitative estimate of drug-likeness (QED) is 0.683. The maximum atomic E-state index is 5.22. The highest BCUT2D eigenvalue weighted by molar-refractivity contribution is 5.33. The summed E-state index contributed by atoms with van der Waals surface area (Å²) in [5.41, 5.74) is 4.22. The molecule has 0 bridgehead atoms. The molecule has 3 nitrogen and oxygen atoms in total. The van der Waals surface area contributed by atoms with Crippen LogP contribution in [0.25, 0.3) is 0 Å². The van der Waals surface area contributed by atoms with Gasteiger partial charge in [-0.05, 0) is 60.9 Å². The summed E-state index contributed by atoms with van der Waals surface area (Å²) < 4.78 is 5.22. The van der Waals surface area contributed by atoms with E-state index in [2.05, 4.69) is 67.4 Å². The average Bonchev–Trinajstić information content (AvgIpc) is 2.94. The number of piperidine rings is 1. The molecule has 1 aliphatic carbocycles. The van der Waals surface area contributed by atoms with Crippen LogP contribution in [-0.4, -0.2) is 31.6 Å². The van der Waals surface area contributed by atoms with Gasteiger partial charge in [0.25, 0.3) is 0 Å². The summed E-state index contributed by atoms with van der Waals surface area (Å²) in [4.78, 5) is 2.57. The van der Waals surface area contributed by atoms with E-state index in [0.717, 1.165) is 31.2 Å². The number of nitrogens with zero attached hydrogens (tertiary/aromatic N) is 1. The lowest BCUT2D eigenvalue weighted by atomic mass is 10.1. The van der Waals surface area contributed by atoms with Crippen molar-refractivity contribution in [1.29, 1.82) is 0 Å². The Labute approximate surface area is 172 Å². The molecule has 0 saturated carbocycles. The second-order valence-electron chi connectivity index (χ2n) is 8.21. The minimum absolute atomic E-state index is 0.833. The van der Waals surface area contributed by atoms with E-state index in [1.54, 1.807) is 7.11 Å². The fourth-order valence-electron chi connectivity index (χ4n) is 3.39. The van der Waals surface area contributed by atoms with Gasteiger partial charge in [-0.15, -0.1) is 0 Å². The molecule has 0 spiro atoms. The van der Waals surface area contributed by atoms with Gasteiger partial charge in [0.15, 0.2) is 0 Å². The Balaban J connectivity index is 0.000000640. The number of ether oxygens (including phenoxy) is 1. The number of benzene rings is 1. The monoisotopic (exact) mass is 382 g/mol. The molecular formula is C25H38N2O. The Hall–Kier alpha value is -2.00. The summed E-state index contributed by atoms with van der Waals surface area (Å²) in [7, 11) is 1.70. The number of rotatable bonds is 6. The van der Waals surface area contributed by atoms with Crippen LogP contribution in [0, 0.1) is 5.92 Å². The molecule has 0 amide bonds. The Kier molecular flexibility index (Phi) is 9.92. The van der Waals surface area contributed by atoms with Gasteiger partial charge in [0, 0.05) is 31.9 Å². The molecule has 3 rings (SSSR count). The van der Waals surface area contributed by atoms with Crippen molar-refractivity contribution in [2.45, 2.75) is 53.0 Å². The standard InChI is InChI=1S/C21H28N2O.C4H10/c1-24-20-12-10-18(11-13-20)16-22-17-19-8-4-2-5-9-21(19)23-14-6-3-7-15-23;1-4(2)3/h2,4-5,9-13,22H,3,6-8,14-17H2,1H3;4H,1-3H3. The Bertz CT molecular complexity index is 647. The van der Waals surface area contributed by atoms with Crippen LogP contribution in [0.5, 0.6) is 5.75 Å². The second kappa shape index (κ2) is 12.5. The summed E-state index contributed by atoms with van der Waals surface area (Å²) in [6.07, 6.45) is 13.9. The van der Waals surface area contributed by atoms with Gasteiger partial charge in [0.05, 0.1) is 7.11 Å². The molecule has 3 heteroatoms. The molecule has 0 atom stereocenters. The Morgan fingerprint density at radius 2 is 1.64 bits per heavy atom. The number of hydrogen-bond donors (Lipinski definition) is 1. The summed E-state index contributed by atoms with van der Waals surface area (Å²) in [5, 5.41) is 3.61. The van der Waals surface area contributed by atoms with Crippen molar-refractivity contribution < 1.29 is 4.74 Å². The van der Waals surface area contributed by atoms with Gasteiger partial charge >= 0.3 is 0 Å². The van der Waals surface area contributed by atoms with Crippen LogP contribution in [-0.2, 0) is 6.54 Å². The third-order valence-electron chi connectivity index (χ3n) is 4.75. The maximum Gasteiger partial charge on any atom is 0.118 e. The number of likely N-dealkylation sites (tertiary alicyclic amines) is 1. The van der Waals surface area contributed by atoms with E-state index in [4.69, 9.17) is 4.74 Å². The number of allylic oxidation sites excluding steroid dienone is 4. The van der Waals surface area contributed by atoms with Gasteiger partial charge in [-0.25, -0.2) is 0 Å². The zero-order chi connectivity index (χ0) is 20.2. The fraction of sp³-hybridized carbons (Fsp3) is 0.520. The average molecular weight is 383 g/mol. The molecule has 1 N–H and O–H groups in total. The van der Waals surface area contributed by atoms with Crippen molar-refractivity contribution in [2.75, 3.05) is 26.7 Å². The van der Waals surface area contributed by atoms with Crippen LogP contribution in [0.3, 0.4) is 0 Å². The van der Waals surface area contributed by atoms with E-state index in [9.17, 15) is 0 Å². The van der Waals surface area contributed by atoms with Gasteiger partial charge < -0.3 is 15.0 Å². The first kappa shape index (κ1) is 22.3. The highest BCUT2D eigenvalue weighted by Gasteiger charge is 2.15. The summed E-state index contributed by atoms with van der Waals surface area (Å²) in [6.45, 7) is 10.7. The first-order valence-electron chi connectivity index (χ1n) is 10.7. The van der Waals surface area contributed by atoms with E-state index in [1.807, 2.05) is 12.1 Å². The minimum atomic E-state index is 0.833. The number of methoxy groups -OCH3 is 1. The zero-order valence-corrected chi connectivity index (χ0v) is 18.2. The van der Waals surface area contributed by atoms with E-state index < -0.39 is 0 Å². The fourth-order valence-corrected chi connectivity index (χ4v) is 3.39. The molecule has 1 aromatic carbocycles. The van der Waals surface area contributed by atoms with Crippen molar-refractivity contribution in [3.63, 3.8) is 0 Å². The third kappa shape index (κ3) is 7.93. The predicted molar refractivity (Wildman–Crippen MR) is 121 cm³/mol.